The van der Waals surface area contributed by atoms with Crippen LogP contribution in [0.25, 0.3) is 0 Å². The molecular formula is C9H9ClO3. The highest BCUT2D eigenvalue weighted by molar-refractivity contribution is 6.28. The molecule has 2 rings (SSSR count). The van der Waals surface area contributed by atoms with E-state index >= 15 is 0 Å². The lowest BCUT2D eigenvalue weighted by Gasteiger charge is -2.05. The molecule has 70 valence electrons. The van der Waals surface area contributed by atoms with Crippen molar-refractivity contribution >= 4 is 17.6 Å². The maximum atomic E-state index is 10.8. The molecule has 1 aromatic rings. The number of aliphatic carboxylic acids is 1. The first-order chi connectivity index (χ1) is 6.12. The van der Waals surface area contributed by atoms with Crippen LogP contribution in [0.1, 0.15) is 18.6 Å². The quantitative estimate of drug-likeness (QED) is 0.815. The van der Waals surface area contributed by atoms with Crippen LogP contribution in [0, 0.1) is 5.41 Å². The molecule has 0 unspecified atom stereocenters. The van der Waals surface area contributed by atoms with Crippen LogP contribution in [0.4, 0.5) is 0 Å². The molecule has 0 spiro atoms. The van der Waals surface area contributed by atoms with Crippen LogP contribution in [-0.2, 0) is 11.2 Å². The van der Waals surface area contributed by atoms with Crippen LogP contribution in [0.2, 0.25) is 5.22 Å². The lowest BCUT2D eigenvalue weighted by molar-refractivity contribution is -0.143. The Morgan fingerprint density at radius 1 is 1.62 bits per heavy atom. The zero-order chi connectivity index (χ0) is 9.47. The minimum atomic E-state index is -0.736. The third-order valence-electron chi connectivity index (χ3n) is 2.45. The summed E-state index contributed by atoms with van der Waals surface area (Å²) in [4.78, 5) is 10.8. The van der Waals surface area contributed by atoms with E-state index < -0.39 is 11.4 Å². The minimum Gasteiger partial charge on any atom is -0.481 e. The van der Waals surface area contributed by atoms with E-state index in [2.05, 4.69) is 0 Å². The molecule has 0 bridgehead atoms. The van der Waals surface area contributed by atoms with Gasteiger partial charge in [0.25, 0.3) is 0 Å². The van der Waals surface area contributed by atoms with E-state index in [-0.39, 0.29) is 0 Å². The van der Waals surface area contributed by atoms with Gasteiger partial charge in [0.2, 0.25) is 0 Å². The molecule has 4 heteroatoms. The molecule has 13 heavy (non-hydrogen) atoms. The van der Waals surface area contributed by atoms with Crippen LogP contribution >= 0.6 is 11.6 Å². The lowest BCUT2D eigenvalue weighted by atomic mass is 10.0. The molecule has 1 aromatic heterocycles. The maximum absolute atomic E-state index is 10.8. The Labute approximate surface area is 80.3 Å². The normalized spacial score (nSPS) is 18.5. The van der Waals surface area contributed by atoms with Crippen molar-refractivity contribution < 1.29 is 14.3 Å². The minimum absolute atomic E-state index is 0.316. The summed E-state index contributed by atoms with van der Waals surface area (Å²) in [5.74, 6) is -0.0788. The molecule has 0 radical (unpaired) electrons. The second kappa shape index (κ2) is 2.77. The first-order valence-electron chi connectivity index (χ1n) is 4.10. The Balaban J connectivity index is 2.10. The first-order valence-corrected chi connectivity index (χ1v) is 4.48. The summed E-state index contributed by atoms with van der Waals surface area (Å²) >= 11 is 5.58. The maximum Gasteiger partial charge on any atom is 0.310 e. The number of carbonyl (C=O) groups is 1. The van der Waals surface area contributed by atoms with Crippen molar-refractivity contribution in [3.05, 3.63) is 23.1 Å². The summed E-state index contributed by atoms with van der Waals surface area (Å²) < 4.78 is 5.11. The van der Waals surface area contributed by atoms with E-state index in [4.69, 9.17) is 21.1 Å². The Kier molecular flexibility index (Phi) is 1.84. The summed E-state index contributed by atoms with van der Waals surface area (Å²) in [6, 6.07) is 3.36. The molecule has 1 saturated carbocycles. The highest BCUT2D eigenvalue weighted by atomic mass is 35.5. The molecule has 0 aromatic carbocycles. The fourth-order valence-electron chi connectivity index (χ4n) is 1.40. The van der Waals surface area contributed by atoms with Gasteiger partial charge in [-0.15, -0.1) is 0 Å². The van der Waals surface area contributed by atoms with Crippen LogP contribution in [0.3, 0.4) is 0 Å². The van der Waals surface area contributed by atoms with E-state index in [0.717, 1.165) is 12.8 Å². The van der Waals surface area contributed by atoms with E-state index in [1.54, 1.807) is 12.1 Å². The predicted octanol–water partition coefficient (Wildman–Crippen LogP) is 2.34. The third kappa shape index (κ3) is 1.56. The Morgan fingerprint density at radius 2 is 2.31 bits per heavy atom. The van der Waals surface area contributed by atoms with Gasteiger partial charge in [-0.1, -0.05) is 0 Å². The van der Waals surface area contributed by atoms with Gasteiger partial charge in [-0.2, -0.15) is 0 Å². The zero-order valence-corrected chi connectivity index (χ0v) is 7.67. The van der Waals surface area contributed by atoms with Crippen LogP contribution < -0.4 is 0 Å². The zero-order valence-electron chi connectivity index (χ0n) is 6.92. The Morgan fingerprint density at radius 3 is 2.69 bits per heavy atom. The average Bonchev–Trinajstić information content (AvgIpc) is 2.72. The summed E-state index contributed by atoms with van der Waals surface area (Å²) in [6.45, 7) is 0. The summed E-state index contributed by atoms with van der Waals surface area (Å²) in [5, 5.41) is 9.21. The number of hydrogen-bond acceptors (Lipinski definition) is 2. The lowest BCUT2D eigenvalue weighted by Crippen LogP contribution is -2.17. The topological polar surface area (TPSA) is 50.4 Å². The SMILES string of the molecule is O=C(O)C1(Cc2ccc(Cl)o2)CC1. The van der Waals surface area contributed by atoms with E-state index in [0.29, 0.717) is 17.4 Å². The van der Waals surface area contributed by atoms with E-state index in [1.165, 1.54) is 0 Å². The molecule has 1 aliphatic carbocycles. The van der Waals surface area contributed by atoms with Gasteiger partial charge < -0.3 is 9.52 Å². The van der Waals surface area contributed by atoms with Crippen molar-refractivity contribution in [1.82, 2.24) is 0 Å². The largest absolute Gasteiger partial charge is 0.481 e. The Bertz CT molecular complexity index is 338. The molecule has 1 aliphatic rings. The Hall–Kier alpha value is -0.960. The summed E-state index contributed by atoms with van der Waals surface area (Å²) in [7, 11) is 0. The second-order valence-corrected chi connectivity index (χ2v) is 3.84. The average molecular weight is 201 g/mol. The number of furan rings is 1. The highest BCUT2D eigenvalue weighted by Gasteiger charge is 2.50. The number of carboxylic acid groups (broad SMARTS) is 1. The molecule has 0 saturated heterocycles. The van der Waals surface area contributed by atoms with Gasteiger partial charge in [0.1, 0.15) is 5.76 Å². The van der Waals surface area contributed by atoms with Gasteiger partial charge in [-0.05, 0) is 36.6 Å². The monoisotopic (exact) mass is 200 g/mol. The van der Waals surface area contributed by atoms with Gasteiger partial charge in [0.15, 0.2) is 5.22 Å². The van der Waals surface area contributed by atoms with Crippen molar-refractivity contribution in [3.63, 3.8) is 0 Å². The second-order valence-electron chi connectivity index (χ2n) is 3.47. The molecule has 3 nitrogen and oxygen atoms in total. The molecule has 0 amide bonds. The fourth-order valence-corrected chi connectivity index (χ4v) is 1.56. The van der Waals surface area contributed by atoms with Crippen LogP contribution in [0.15, 0.2) is 16.5 Å². The van der Waals surface area contributed by atoms with E-state index in [9.17, 15) is 4.79 Å². The van der Waals surface area contributed by atoms with Crippen molar-refractivity contribution in [3.8, 4) is 0 Å². The molecule has 1 N–H and O–H groups in total. The van der Waals surface area contributed by atoms with Gasteiger partial charge >= 0.3 is 5.97 Å². The van der Waals surface area contributed by atoms with E-state index in [1.807, 2.05) is 0 Å². The smallest absolute Gasteiger partial charge is 0.310 e. The fraction of sp³-hybridized carbons (Fsp3) is 0.444. The van der Waals surface area contributed by atoms with Gasteiger partial charge in [0.05, 0.1) is 5.41 Å². The molecule has 1 fully saturated rings. The summed E-state index contributed by atoms with van der Waals surface area (Å²) in [5.41, 5.74) is -0.568. The van der Waals surface area contributed by atoms with Gasteiger partial charge in [-0.25, -0.2) is 0 Å². The number of carboxylic acids is 1. The standard InChI is InChI=1S/C9H9ClO3/c10-7-2-1-6(13-7)5-9(3-4-9)8(11)12/h1-2H,3-5H2,(H,11,12). The van der Waals surface area contributed by atoms with Crippen molar-refractivity contribution in [1.29, 1.82) is 0 Å². The number of rotatable bonds is 3. The molecular weight excluding hydrogens is 192 g/mol. The van der Waals surface area contributed by atoms with Crippen LogP contribution in [0.5, 0.6) is 0 Å². The van der Waals surface area contributed by atoms with Gasteiger partial charge in [0, 0.05) is 6.42 Å². The molecule has 0 aliphatic heterocycles. The van der Waals surface area contributed by atoms with Crippen molar-refractivity contribution in [2.75, 3.05) is 0 Å². The van der Waals surface area contributed by atoms with Crippen molar-refractivity contribution in [2.45, 2.75) is 19.3 Å². The van der Waals surface area contributed by atoms with Crippen molar-refractivity contribution in [2.24, 2.45) is 5.41 Å². The predicted molar refractivity (Wildman–Crippen MR) is 46.7 cm³/mol. The van der Waals surface area contributed by atoms with Crippen LogP contribution in [-0.4, -0.2) is 11.1 Å². The number of halogens is 1. The molecule has 0 atom stereocenters. The third-order valence-corrected chi connectivity index (χ3v) is 2.65. The number of hydrogen-bond donors (Lipinski definition) is 1. The highest BCUT2D eigenvalue weighted by Crippen LogP contribution is 2.48. The first kappa shape index (κ1) is 8.63. The summed E-state index contributed by atoms with van der Waals surface area (Å²) in [6.07, 6.45) is 1.93. The molecule has 1 heterocycles. The van der Waals surface area contributed by atoms with Gasteiger partial charge in [-0.3, -0.25) is 4.79 Å².